The van der Waals surface area contributed by atoms with Crippen molar-refractivity contribution in [3.8, 4) is 0 Å². The molecule has 0 saturated heterocycles. The summed E-state index contributed by atoms with van der Waals surface area (Å²) in [6, 6.07) is 2.24. The van der Waals surface area contributed by atoms with Crippen molar-refractivity contribution in [3.05, 3.63) is 22.6 Å². The van der Waals surface area contributed by atoms with E-state index in [0.717, 1.165) is 18.2 Å². The Bertz CT molecular complexity index is 483. The van der Waals surface area contributed by atoms with Gasteiger partial charge in [0.1, 0.15) is 0 Å². The molecule has 1 aliphatic carbocycles. The Balaban J connectivity index is 1.83. The molecule has 5 heteroatoms. The first kappa shape index (κ1) is 15.0. The van der Waals surface area contributed by atoms with Crippen molar-refractivity contribution in [1.82, 2.24) is 15.1 Å². The van der Waals surface area contributed by atoms with Crippen molar-refractivity contribution < 1.29 is 0 Å². The van der Waals surface area contributed by atoms with Crippen LogP contribution in [0.2, 0.25) is 0 Å². The third-order valence-electron chi connectivity index (χ3n) is 4.06. The van der Waals surface area contributed by atoms with E-state index in [1.54, 1.807) is 12.3 Å². The standard InChI is InChI=1S/C15H26N4O/c1-12-5-4-6-13(9-12)16-7-8-19-15(20)10-14(11-17-19)18(2)3/h10-13,16H,4-9H2,1-3H3. The molecule has 1 saturated carbocycles. The summed E-state index contributed by atoms with van der Waals surface area (Å²) in [5.74, 6) is 0.821. The molecule has 0 aromatic carbocycles. The lowest BCUT2D eigenvalue weighted by atomic mass is 9.87. The molecule has 1 aromatic heterocycles. The first-order valence-corrected chi connectivity index (χ1v) is 7.54. The second kappa shape index (κ2) is 6.88. The van der Waals surface area contributed by atoms with E-state index in [-0.39, 0.29) is 5.56 Å². The molecular weight excluding hydrogens is 252 g/mol. The molecule has 1 N–H and O–H groups in total. The Hall–Kier alpha value is -1.36. The average Bonchev–Trinajstić information content (AvgIpc) is 2.40. The van der Waals surface area contributed by atoms with E-state index in [0.29, 0.717) is 12.6 Å². The van der Waals surface area contributed by atoms with Crippen molar-refractivity contribution in [2.45, 2.75) is 45.2 Å². The molecule has 2 rings (SSSR count). The fraction of sp³-hybridized carbons (Fsp3) is 0.733. The largest absolute Gasteiger partial charge is 0.376 e. The van der Waals surface area contributed by atoms with Gasteiger partial charge in [-0.25, -0.2) is 4.68 Å². The van der Waals surface area contributed by atoms with E-state index in [9.17, 15) is 4.79 Å². The van der Waals surface area contributed by atoms with Gasteiger partial charge in [0.05, 0.1) is 18.4 Å². The summed E-state index contributed by atoms with van der Waals surface area (Å²) >= 11 is 0. The van der Waals surface area contributed by atoms with Gasteiger partial charge < -0.3 is 10.2 Å². The van der Waals surface area contributed by atoms with Crippen LogP contribution in [-0.2, 0) is 6.54 Å². The molecule has 0 amide bonds. The number of hydrogen-bond donors (Lipinski definition) is 1. The van der Waals surface area contributed by atoms with Crippen LogP contribution in [0.5, 0.6) is 0 Å². The lowest BCUT2D eigenvalue weighted by molar-refractivity contribution is 0.297. The maximum absolute atomic E-state index is 11.9. The van der Waals surface area contributed by atoms with Crippen molar-refractivity contribution in [3.63, 3.8) is 0 Å². The van der Waals surface area contributed by atoms with Crippen LogP contribution in [0.1, 0.15) is 32.6 Å². The summed E-state index contributed by atoms with van der Waals surface area (Å²) in [6.45, 7) is 3.77. The lowest BCUT2D eigenvalue weighted by Gasteiger charge is -2.27. The van der Waals surface area contributed by atoms with E-state index in [1.807, 2.05) is 19.0 Å². The Morgan fingerprint density at radius 1 is 1.45 bits per heavy atom. The van der Waals surface area contributed by atoms with E-state index in [1.165, 1.54) is 30.4 Å². The van der Waals surface area contributed by atoms with E-state index in [4.69, 9.17) is 0 Å². The van der Waals surface area contributed by atoms with Gasteiger partial charge in [0.15, 0.2) is 0 Å². The summed E-state index contributed by atoms with van der Waals surface area (Å²) < 4.78 is 1.53. The summed E-state index contributed by atoms with van der Waals surface area (Å²) in [5.41, 5.74) is 0.815. The Labute approximate surface area is 121 Å². The Morgan fingerprint density at radius 3 is 2.90 bits per heavy atom. The average molecular weight is 278 g/mol. The second-order valence-electron chi connectivity index (χ2n) is 6.09. The molecular formula is C15H26N4O. The van der Waals surface area contributed by atoms with Gasteiger partial charge in [-0.05, 0) is 18.8 Å². The number of hydrogen-bond acceptors (Lipinski definition) is 4. The van der Waals surface area contributed by atoms with Gasteiger partial charge in [-0.2, -0.15) is 5.10 Å². The smallest absolute Gasteiger partial charge is 0.268 e. The quantitative estimate of drug-likeness (QED) is 0.886. The van der Waals surface area contributed by atoms with Crippen molar-refractivity contribution in [2.24, 2.45) is 5.92 Å². The van der Waals surface area contributed by atoms with Gasteiger partial charge in [-0.15, -0.1) is 0 Å². The number of nitrogens with one attached hydrogen (secondary N) is 1. The summed E-state index contributed by atoms with van der Waals surface area (Å²) in [7, 11) is 3.82. The minimum absolute atomic E-state index is 0.0324. The molecule has 0 spiro atoms. The summed E-state index contributed by atoms with van der Waals surface area (Å²) in [6.07, 6.45) is 6.91. The fourth-order valence-electron chi connectivity index (χ4n) is 2.83. The van der Waals surface area contributed by atoms with Crippen LogP contribution in [0.25, 0.3) is 0 Å². The maximum atomic E-state index is 11.9. The second-order valence-corrected chi connectivity index (χ2v) is 6.09. The van der Waals surface area contributed by atoms with Crippen LogP contribution in [0.3, 0.4) is 0 Å². The predicted octanol–water partition coefficient (Wildman–Crippen LogP) is 1.48. The molecule has 112 valence electrons. The van der Waals surface area contributed by atoms with Crippen molar-refractivity contribution in [2.75, 3.05) is 25.5 Å². The monoisotopic (exact) mass is 278 g/mol. The van der Waals surface area contributed by atoms with Crippen molar-refractivity contribution in [1.29, 1.82) is 0 Å². The predicted molar refractivity (Wildman–Crippen MR) is 82.2 cm³/mol. The molecule has 2 unspecified atom stereocenters. The van der Waals surface area contributed by atoms with Gasteiger partial charge in [-0.3, -0.25) is 4.79 Å². The van der Waals surface area contributed by atoms with Crippen LogP contribution in [0.4, 0.5) is 5.69 Å². The highest BCUT2D eigenvalue weighted by molar-refractivity contribution is 5.40. The molecule has 0 bridgehead atoms. The van der Waals surface area contributed by atoms with E-state index >= 15 is 0 Å². The van der Waals surface area contributed by atoms with Gasteiger partial charge in [0.25, 0.3) is 5.56 Å². The maximum Gasteiger partial charge on any atom is 0.268 e. The minimum atomic E-state index is -0.0324. The summed E-state index contributed by atoms with van der Waals surface area (Å²) in [4.78, 5) is 13.8. The third kappa shape index (κ3) is 4.07. The van der Waals surface area contributed by atoms with Gasteiger partial charge in [-0.1, -0.05) is 19.8 Å². The normalized spacial score (nSPS) is 22.8. The van der Waals surface area contributed by atoms with Crippen molar-refractivity contribution >= 4 is 5.69 Å². The molecule has 0 radical (unpaired) electrons. The zero-order chi connectivity index (χ0) is 14.5. The Morgan fingerprint density at radius 2 is 2.25 bits per heavy atom. The molecule has 1 aliphatic rings. The van der Waals surface area contributed by atoms with Gasteiger partial charge >= 0.3 is 0 Å². The molecule has 20 heavy (non-hydrogen) atoms. The zero-order valence-corrected chi connectivity index (χ0v) is 12.8. The third-order valence-corrected chi connectivity index (χ3v) is 4.06. The van der Waals surface area contributed by atoms with Gasteiger partial charge in [0, 0.05) is 32.7 Å². The number of rotatable bonds is 5. The highest BCUT2D eigenvalue weighted by atomic mass is 16.1. The van der Waals surface area contributed by atoms with E-state index < -0.39 is 0 Å². The molecule has 5 nitrogen and oxygen atoms in total. The number of nitrogens with zero attached hydrogens (tertiary/aromatic N) is 3. The van der Waals surface area contributed by atoms with Crippen LogP contribution in [0.15, 0.2) is 17.1 Å². The highest BCUT2D eigenvalue weighted by Crippen LogP contribution is 2.23. The molecule has 1 aromatic rings. The summed E-state index contributed by atoms with van der Waals surface area (Å²) in [5, 5.41) is 7.77. The molecule has 0 aliphatic heterocycles. The lowest BCUT2D eigenvalue weighted by Crippen LogP contribution is -2.37. The molecule has 1 fully saturated rings. The SMILES string of the molecule is CC1CCCC(NCCn2ncc(N(C)C)cc2=O)C1. The highest BCUT2D eigenvalue weighted by Gasteiger charge is 2.17. The minimum Gasteiger partial charge on any atom is -0.376 e. The van der Waals surface area contributed by atoms with Crippen LogP contribution in [-0.4, -0.2) is 36.5 Å². The number of aromatic nitrogens is 2. The first-order valence-electron chi connectivity index (χ1n) is 7.54. The Kier molecular flexibility index (Phi) is 5.17. The molecule has 1 heterocycles. The van der Waals surface area contributed by atoms with Crippen LogP contribution >= 0.6 is 0 Å². The molecule has 2 atom stereocenters. The van der Waals surface area contributed by atoms with E-state index in [2.05, 4.69) is 17.3 Å². The topological polar surface area (TPSA) is 50.2 Å². The van der Waals surface area contributed by atoms with Crippen LogP contribution in [0, 0.1) is 5.92 Å². The van der Waals surface area contributed by atoms with Crippen LogP contribution < -0.4 is 15.8 Å². The zero-order valence-electron chi connectivity index (χ0n) is 12.8. The first-order chi connectivity index (χ1) is 9.56. The van der Waals surface area contributed by atoms with Gasteiger partial charge in [0.2, 0.25) is 0 Å². The number of anilines is 1. The fourth-order valence-corrected chi connectivity index (χ4v) is 2.83.